The average Bonchev–Trinajstić information content (AvgIpc) is 2.98. The topological polar surface area (TPSA) is 67.9 Å². The first kappa shape index (κ1) is 21.9. The molecule has 158 valence electrons. The van der Waals surface area contributed by atoms with E-state index in [0.29, 0.717) is 47.2 Å². The van der Waals surface area contributed by atoms with Crippen molar-refractivity contribution in [3.8, 4) is 5.75 Å². The summed E-state index contributed by atoms with van der Waals surface area (Å²) in [6.07, 6.45) is 0.574. The highest BCUT2D eigenvalue weighted by Crippen LogP contribution is 2.33. The second-order valence-electron chi connectivity index (χ2n) is 6.83. The Morgan fingerprint density at radius 3 is 2.47 bits per heavy atom. The molecule has 7 heteroatoms. The minimum absolute atomic E-state index is 0.243. The number of ether oxygens (including phenoxy) is 2. The van der Waals surface area contributed by atoms with Crippen LogP contribution in [0.4, 0.5) is 5.69 Å². The van der Waals surface area contributed by atoms with Gasteiger partial charge in [-0.25, -0.2) is 0 Å². The summed E-state index contributed by atoms with van der Waals surface area (Å²) in [5, 5.41) is 3.74. The fourth-order valence-corrected chi connectivity index (χ4v) is 3.44. The van der Waals surface area contributed by atoms with E-state index in [1.807, 2.05) is 19.9 Å². The molecule has 0 spiro atoms. The minimum atomic E-state index is -0.360. The molecule has 1 heterocycles. The van der Waals surface area contributed by atoms with Gasteiger partial charge in [-0.1, -0.05) is 29.8 Å². The second-order valence-corrected chi connectivity index (χ2v) is 7.24. The van der Waals surface area contributed by atoms with Crippen LogP contribution < -0.4 is 10.1 Å². The Balaban J connectivity index is 1.98. The molecule has 1 aliphatic rings. The number of nitrogens with one attached hydrogen (secondary N) is 1. The lowest BCUT2D eigenvalue weighted by Crippen LogP contribution is -2.34. The Kier molecular flexibility index (Phi) is 7.13. The van der Waals surface area contributed by atoms with E-state index in [2.05, 4.69) is 5.32 Å². The van der Waals surface area contributed by atoms with E-state index in [4.69, 9.17) is 21.1 Å². The van der Waals surface area contributed by atoms with Gasteiger partial charge in [0.2, 0.25) is 0 Å². The molecule has 0 atom stereocenters. The first-order chi connectivity index (χ1) is 14.5. The molecule has 0 radical (unpaired) electrons. The van der Waals surface area contributed by atoms with E-state index in [-0.39, 0.29) is 24.1 Å². The van der Waals surface area contributed by atoms with E-state index in [9.17, 15) is 9.59 Å². The molecule has 2 aromatic carbocycles. The number of methoxy groups -OCH3 is 1. The maximum Gasteiger partial charge on any atom is 0.278 e. The molecule has 0 aromatic heterocycles. The van der Waals surface area contributed by atoms with Crippen LogP contribution in [0.2, 0.25) is 5.02 Å². The monoisotopic (exact) mass is 428 g/mol. The van der Waals surface area contributed by atoms with Crippen LogP contribution in [-0.4, -0.2) is 43.6 Å². The standard InChI is InChI=1S/C23H25ClN2O4/c1-4-30-14-6-13-26-22(27)20(16-9-11-17(29-3)12-10-16)21(23(26)28)25-19-8-5-7-18(24)15(19)2/h5,7-12,25H,4,6,13-14H2,1-3H3. The van der Waals surface area contributed by atoms with Crippen molar-refractivity contribution in [1.82, 2.24) is 4.90 Å². The van der Waals surface area contributed by atoms with Crippen LogP contribution in [0.25, 0.3) is 5.57 Å². The number of amides is 2. The van der Waals surface area contributed by atoms with Gasteiger partial charge in [-0.15, -0.1) is 0 Å². The van der Waals surface area contributed by atoms with Crippen LogP contribution in [-0.2, 0) is 14.3 Å². The molecule has 2 amide bonds. The fraction of sp³-hybridized carbons (Fsp3) is 0.304. The predicted molar refractivity (Wildman–Crippen MR) is 118 cm³/mol. The van der Waals surface area contributed by atoms with Gasteiger partial charge in [0, 0.05) is 30.5 Å². The van der Waals surface area contributed by atoms with Gasteiger partial charge in [0.1, 0.15) is 11.4 Å². The summed E-state index contributed by atoms with van der Waals surface area (Å²) >= 11 is 6.23. The number of nitrogens with zero attached hydrogens (tertiary/aromatic N) is 1. The predicted octanol–water partition coefficient (Wildman–Crippen LogP) is 4.28. The Bertz CT molecular complexity index is 970. The first-order valence-electron chi connectivity index (χ1n) is 9.82. The van der Waals surface area contributed by atoms with E-state index in [1.165, 1.54) is 4.90 Å². The zero-order chi connectivity index (χ0) is 21.7. The smallest absolute Gasteiger partial charge is 0.278 e. The number of carbonyl (C=O) groups excluding carboxylic acids is 2. The summed E-state index contributed by atoms with van der Waals surface area (Å²) in [6, 6.07) is 12.5. The number of hydrogen-bond donors (Lipinski definition) is 1. The molecule has 2 aromatic rings. The summed E-state index contributed by atoms with van der Waals surface area (Å²) < 4.78 is 10.6. The summed E-state index contributed by atoms with van der Waals surface area (Å²) in [6.45, 7) is 5.14. The van der Waals surface area contributed by atoms with E-state index < -0.39 is 0 Å². The lowest BCUT2D eigenvalue weighted by molar-refractivity contribution is -0.137. The van der Waals surface area contributed by atoms with Crippen molar-refractivity contribution in [3.63, 3.8) is 0 Å². The maximum absolute atomic E-state index is 13.2. The highest BCUT2D eigenvalue weighted by molar-refractivity contribution is 6.36. The Hall–Kier alpha value is -2.83. The summed E-state index contributed by atoms with van der Waals surface area (Å²) in [5.41, 5.74) is 2.70. The molecule has 0 saturated carbocycles. The summed E-state index contributed by atoms with van der Waals surface area (Å²) in [7, 11) is 1.58. The second kappa shape index (κ2) is 9.78. The molecule has 0 aliphatic carbocycles. The molecule has 0 unspecified atom stereocenters. The number of anilines is 1. The lowest BCUT2D eigenvalue weighted by atomic mass is 10.0. The highest BCUT2D eigenvalue weighted by atomic mass is 35.5. The Labute approximate surface area is 181 Å². The molecular formula is C23H25ClN2O4. The van der Waals surface area contributed by atoms with Crippen molar-refractivity contribution in [2.24, 2.45) is 0 Å². The normalized spacial score (nSPS) is 13.9. The number of hydrogen-bond acceptors (Lipinski definition) is 5. The molecule has 6 nitrogen and oxygen atoms in total. The van der Waals surface area contributed by atoms with Crippen molar-refractivity contribution >= 4 is 34.7 Å². The van der Waals surface area contributed by atoms with E-state index in [0.717, 1.165) is 5.56 Å². The zero-order valence-corrected chi connectivity index (χ0v) is 18.1. The largest absolute Gasteiger partial charge is 0.497 e. The lowest BCUT2D eigenvalue weighted by Gasteiger charge is -2.15. The van der Waals surface area contributed by atoms with Crippen molar-refractivity contribution in [2.75, 3.05) is 32.2 Å². The van der Waals surface area contributed by atoms with Crippen molar-refractivity contribution in [1.29, 1.82) is 0 Å². The number of rotatable bonds is 9. The SMILES string of the molecule is CCOCCCN1C(=O)C(Nc2cccc(Cl)c2C)=C(c2ccc(OC)cc2)C1=O. The van der Waals surface area contributed by atoms with Crippen molar-refractivity contribution in [3.05, 3.63) is 64.3 Å². The molecular weight excluding hydrogens is 404 g/mol. The molecule has 1 N–H and O–H groups in total. The van der Waals surface area contributed by atoms with Gasteiger partial charge in [0.15, 0.2) is 0 Å². The molecule has 0 saturated heterocycles. The van der Waals surface area contributed by atoms with Crippen LogP contribution >= 0.6 is 11.6 Å². The molecule has 3 rings (SSSR count). The van der Waals surface area contributed by atoms with Crippen LogP contribution in [0.5, 0.6) is 5.75 Å². The van der Waals surface area contributed by atoms with Gasteiger partial charge in [0.25, 0.3) is 11.8 Å². The van der Waals surface area contributed by atoms with Gasteiger partial charge in [-0.05, 0) is 55.7 Å². The molecule has 0 bridgehead atoms. The Morgan fingerprint density at radius 2 is 1.80 bits per heavy atom. The van der Waals surface area contributed by atoms with Gasteiger partial charge < -0.3 is 14.8 Å². The van der Waals surface area contributed by atoms with Crippen LogP contribution in [0.1, 0.15) is 24.5 Å². The zero-order valence-electron chi connectivity index (χ0n) is 17.3. The van der Waals surface area contributed by atoms with Crippen molar-refractivity contribution < 1.29 is 19.1 Å². The maximum atomic E-state index is 13.2. The molecule has 30 heavy (non-hydrogen) atoms. The molecule has 0 fully saturated rings. The van der Waals surface area contributed by atoms with E-state index >= 15 is 0 Å². The number of imide groups is 1. The van der Waals surface area contributed by atoms with Gasteiger partial charge in [0.05, 0.1) is 12.7 Å². The summed E-state index contributed by atoms with van der Waals surface area (Å²) in [4.78, 5) is 27.6. The number of benzene rings is 2. The van der Waals surface area contributed by atoms with Gasteiger partial charge in [-0.2, -0.15) is 0 Å². The van der Waals surface area contributed by atoms with Crippen LogP contribution in [0.15, 0.2) is 48.2 Å². The number of carbonyl (C=O) groups is 2. The average molecular weight is 429 g/mol. The third-order valence-corrected chi connectivity index (χ3v) is 5.36. The highest BCUT2D eigenvalue weighted by Gasteiger charge is 2.39. The third-order valence-electron chi connectivity index (χ3n) is 4.95. The van der Waals surface area contributed by atoms with E-state index in [1.54, 1.807) is 43.5 Å². The first-order valence-corrected chi connectivity index (χ1v) is 10.2. The third kappa shape index (κ3) is 4.50. The minimum Gasteiger partial charge on any atom is -0.497 e. The van der Waals surface area contributed by atoms with Gasteiger partial charge in [-0.3, -0.25) is 14.5 Å². The Morgan fingerprint density at radius 1 is 1.07 bits per heavy atom. The van der Waals surface area contributed by atoms with Gasteiger partial charge >= 0.3 is 0 Å². The fourth-order valence-electron chi connectivity index (χ4n) is 3.27. The summed E-state index contributed by atoms with van der Waals surface area (Å²) in [5.74, 6) is -0.0181. The van der Waals surface area contributed by atoms with Crippen molar-refractivity contribution in [2.45, 2.75) is 20.3 Å². The van der Waals surface area contributed by atoms with Crippen LogP contribution in [0.3, 0.4) is 0 Å². The number of halogens is 1. The molecule has 1 aliphatic heterocycles. The van der Waals surface area contributed by atoms with Crippen LogP contribution in [0, 0.1) is 6.92 Å². The quantitative estimate of drug-likeness (QED) is 0.477.